The van der Waals surface area contributed by atoms with Crippen molar-refractivity contribution in [3.05, 3.63) is 228 Å². The zero-order valence-electron chi connectivity index (χ0n) is 33.2. The van der Waals surface area contributed by atoms with Gasteiger partial charge >= 0.3 is 0 Å². The van der Waals surface area contributed by atoms with Crippen LogP contribution in [0, 0.1) is 0 Å². The number of benzene rings is 8. The van der Waals surface area contributed by atoms with Gasteiger partial charge in [-0.15, -0.1) is 0 Å². The summed E-state index contributed by atoms with van der Waals surface area (Å²) < 4.78 is 0. The van der Waals surface area contributed by atoms with Crippen LogP contribution in [0.3, 0.4) is 0 Å². The lowest BCUT2D eigenvalue weighted by Gasteiger charge is -2.22. The molecule has 59 heavy (non-hydrogen) atoms. The highest BCUT2D eigenvalue weighted by atomic mass is 14.7. The Kier molecular flexibility index (Phi) is 9.07. The second-order valence-electron chi connectivity index (χ2n) is 16.0. The fourth-order valence-corrected chi connectivity index (χ4v) is 8.86. The van der Waals surface area contributed by atoms with Crippen molar-refractivity contribution >= 4 is 33.0 Å². The summed E-state index contributed by atoms with van der Waals surface area (Å²) in [6.45, 7) is 5.24. The van der Waals surface area contributed by atoms with Crippen LogP contribution in [0.4, 0.5) is 0 Å². The van der Waals surface area contributed by atoms with Gasteiger partial charge in [0.2, 0.25) is 0 Å². The van der Waals surface area contributed by atoms with Crippen molar-refractivity contribution in [3.8, 4) is 44.5 Å². The summed E-state index contributed by atoms with van der Waals surface area (Å²) in [5, 5.41) is 4.83. The maximum absolute atomic E-state index is 7.07. The van der Waals surface area contributed by atoms with E-state index in [1.54, 1.807) is 6.20 Å². The molecule has 282 valence electrons. The molecule has 0 fully saturated rings. The molecule has 1 aliphatic carbocycles. The van der Waals surface area contributed by atoms with E-state index in [4.69, 9.17) is 10.7 Å². The predicted octanol–water partition coefficient (Wildman–Crippen LogP) is 13.7. The van der Waals surface area contributed by atoms with E-state index in [9.17, 15) is 0 Å². The van der Waals surface area contributed by atoms with E-state index in [1.807, 2.05) is 36.5 Å². The quantitative estimate of drug-likeness (QED) is 0.157. The molecule has 1 aliphatic rings. The van der Waals surface area contributed by atoms with Gasteiger partial charge in [0, 0.05) is 40.2 Å². The molecule has 0 saturated carbocycles. The molecule has 0 spiro atoms. The molecule has 0 aliphatic heterocycles. The van der Waals surface area contributed by atoms with Gasteiger partial charge in [-0.2, -0.15) is 0 Å². The Morgan fingerprint density at radius 1 is 0.542 bits per heavy atom. The Bertz CT molecular complexity index is 3080. The summed E-state index contributed by atoms with van der Waals surface area (Å²) in [4.78, 5) is 9.48. The van der Waals surface area contributed by atoms with Crippen LogP contribution >= 0.6 is 0 Å². The molecule has 0 amide bonds. The number of nitrogens with zero attached hydrogens (tertiary/aromatic N) is 2. The van der Waals surface area contributed by atoms with Crippen LogP contribution in [0.5, 0.6) is 0 Å². The Labute approximate surface area is 345 Å². The molecule has 0 bridgehead atoms. The molecule has 0 saturated heterocycles. The summed E-state index contributed by atoms with van der Waals surface area (Å²) in [5.41, 5.74) is 24.0. The summed E-state index contributed by atoms with van der Waals surface area (Å²) in [5.74, 6) is 0. The van der Waals surface area contributed by atoms with Crippen molar-refractivity contribution in [1.82, 2.24) is 4.98 Å². The molecule has 0 unspecified atom stereocenters. The number of allylic oxidation sites excluding steroid dienone is 1. The number of rotatable bonds is 8. The highest BCUT2D eigenvalue weighted by Gasteiger charge is 2.35. The Morgan fingerprint density at radius 2 is 1.22 bits per heavy atom. The molecule has 9 aromatic rings. The van der Waals surface area contributed by atoms with Gasteiger partial charge in [-0.1, -0.05) is 166 Å². The van der Waals surface area contributed by atoms with E-state index in [0.717, 1.165) is 49.9 Å². The fraction of sp³-hybridized carbons (Fsp3) is 0.0714. The average molecular weight is 758 g/mol. The molecule has 0 radical (unpaired) electrons. The van der Waals surface area contributed by atoms with Crippen LogP contribution in [-0.4, -0.2) is 10.7 Å². The first-order valence-corrected chi connectivity index (χ1v) is 20.3. The highest BCUT2D eigenvalue weighted by molar-refractivity contribution is 6.14. The molecule has 0 atom stereocenters. The lowest BCUT2D eigenvalue weighted by atomic mass is 9.81. The summed E-state index contributed by atoms with van der Waals surface area (Å²) >= 11 is 0. The van der Waals surface area contributed by atoms with E-state index >= 15 is 0 Å². The predicted molar refractivity (Wildman–Crippen MR) is 248 cm³/mol. The second-order valence-corrected chi connectivity index (χ2v) is 16.0. The van der Waals surface area contributed by atoms with Gasteiger partial charge in [-0.25, -0.2) is 0 Å². The molecule has 1 heterocycles. The summed E-state index contributed by atoms with van der Waals surface area (Å²) in [7, 11) is 0. The van der Waals surface area contributed by atoms with Crippen molar-refractivity contribution in [2.75, 3.05) is 0 Å². The van der Waals surface area contributed by atoms with Gasteiger partial charge in [0.25, 0.3) is 0 Å². The second kappa shape index (κ2) is 14.9. The van der Waals surface area contributed by atoms with Crippen molar-refractivity contribution in [2.45, 2.75) is 25.8 Å². The molecule has 1 aromatic heterocycles. The largest absolute Gasteiger partial charge is 0.398 e. The fourth-order valence-electron chi connectivity index (χ4n) is 8.86. The first-order chi connectivity index (χ1) is 28.9. The molecule has 3 nitrogen and oxygen atoms in total. The van der Waals surface area contributed by atoms with Crippen LogP contribution in [0.2, 0.25) is 0 Å². The zero-order valence-corrected chi connectivity index (χ0v) is 33.2. The molecule has 8 aromatic carbocycles. The lowest BCUT2D eigenvalue weighted by molar-refractivity contribution is 0.661. The third-order valence-electron chi connectivity index (χ3n) is 12.0. The van der Waals surface area contributed by atoms with Gasteiger partial charge in [-0.05, 0) is 114 Å². The maximum atomic E-state index is 7.07. The Morgan fingerprint density at radius 3 is 2.02 bits per heavy atom. The van der Waals surface area contributed by atoms with Gasteiger partial charge < -0.3 is 5.73 Å². The van der Waals surface area contributed by atoms with Crippen LogP contribution in [0.15, 0.2) is 205 Å². The number of hydrogen-bond donors (Lipinski definition) is 1. The number of pyridine rings is 1. The van der Waals surface area contributed by atoms with E-state index in [-0.39, 0.29) is 5.41 Å². The number of nitrogens with two attached hydrogens (primary N) is 1. The molecule has 3 heteroatoms. The minimum atomic E-state index is -0.0508. The third-order valence-corrected chi connectivity index (χ3v) is 12.0. The average Bonchev–Trinajstić information content (AvgIpc) is 3.51. The molecule has 2 N–H and O–H groups in total. The lowest BCUT2D eigenvalue weighted by Crippen LogP contribution is -2.14. The van der Waals surface area contributed by atoms with Crippen molar-refractivity contribution in [1.29, 1.82) is 0 Å². The van der Waals surface area contributed by atoms with E-state index in [0.29, 0.717) is 12.2 Å². The normalized spacial score (nSPS) is 13.4. The molecule has 10 rings (SSSR count). The van der Waals surface area contributed by atoms with E-state index < -0.39 is 0 Å². The Hall–Kier alpha value is -7.36. The van der Waals surface area contributed by atoms with Crippen LogP contribution in [0.1, 0.15) is 41.7 Å². The summed E-state index contributed by atoms with van der Waals surface area (Å²) in [6, 6.07) is 65.2. The third kappa shape index (κ3) is 6.71. The topological polar surface area (TPSA) is 51.3 Å². The van der Waals surface area contributed by atoms with E-state index in [2.05, 4.69) is 177 Å². The smallest absolute Gasteiger partial charge is 0.0671 e. The van der Waals surface area contributed by atoms with Gasteiger partial charge in [0.1, 0.15) is 0 Å². The number of aliphatic imine (C=N–C) groups is 1. The Balaban J connectivity index is 0.989. The van der Waals surface area contributed by atoms with Gasteiger partial charge in [-0.3, -0.25) is 9.98 Å². The standard InChI is InChI=1S/C56H43N3/c1-56(2)52-28-25-43(32-50(52)51-31-41-14-6-7-15-42(41)33-53(51)56)38-21-23-39(24-22-38)46-26-27-49(48-20-9-8-19-47(46)48)54(57)34-55(59-35-37-12-4-3-5-13-37)44-17-10-16-40(30-44)45-18-11-29-58-36-45/h3-34,36H,35,57H2,1-2H3/b54-34-,59-55?. The minimum absolute atomic E-state index is 0.0508. The van der Waals surface area contributed by atoms with Crippen LogP contribution in [-0.2, 0) is 12.0 Å². The summed E-state index contributed by atoms with van der Waals surface area (Å²) in [6.07, 6.45) is 5.71. The number of hydrogen-bond acceptors (Lipinski definition) is 3. The van der Waals surface area contributed by atoms with E-state index in [1.165, 1.54) is 49.7 Å². The zero-order chi connectivity index (χ0) is 39.9. The minimum Gasteiger partial charge on any atom is -0.398 e. The van der Waals surface area contributed by atoms with Crippen molar-refractivity contribution in [2.24, 2.45) is 10.7 Å². The molecular formula is C56H43N3. The van der Waals surface area contributed by atoms with Crippen molar-refractivity contribution < 1.29 is 0 Å². The first-order valence-electron chi connectivity index (χ1n) is 20.3. The first kappa shape index (κ1) is 36.0. The highest BCUT2D eigenvalue weighted by Crippen LogP contribution is 2.51. The molecular weight excluding hydrogens is 715 g/mol. The number of fused-ring (bicyclic) bond motifs is 5. The van der Waals surface area contributed by atoms with Crippen LogP contribution < -0.4 is 5.73 Å². The van der Waals surface area contributed by atoms with Gasteiger partial charge in [0.05, 0.1) is 12.3 Å². The number of aromatic nitrogens is 1. The SMILES string of the molecule is CC1(C)c2ccc(-c3ccc(-c4ccc(/C(N)=C/C(=NCc5ccccc5)c5cccc(-c6cccnc6)c5)c5ccccc45)cc3)cc2-c2cc3ccccc3cc21. The maximum Gasteiger partial charge on any atom is 0.0671 e. The van der Waals surface area contributed by atoms with Crippen molar-refractivity contribution in [3.63, 3.8) is 0 Å². The van der Waals surface area contributed by atoms with Crippen LogP contribution in [0.25, 0.3) is 71.7 Å². The monoisotopic (exact) mass is 757 g/mol. The van der Waals surface area contributed by atoms with Gasteiger partial charge in [0.15, 0.2) is 0 Å².